The Hall–Kier alpha value is -3.97. The van der Waals surface area contributed by atoms with Crippen LogP contribution in [0, 0.1) is 5.92 Å². The minimum absolute atomic E-state index is 0.109. The number of pyridine rings is 1. The summed E-state index contributed by atoms with van der Waals surface area (Å²) in [6, 6.07) is 10.2. The van der Waals surface area contributed by atoms with Crippen molar-refractivity contribution in [1.82, 2.24) is 4.98 Å². The lowest BCUT2D eigenvalue weighted by Crippen LogP contribution is -2.39. The van der Waals surface area contributed by atoms with Crippen molar-refractivity contribution in [2.45, 2.75) is 29.3 Å². The molecule has 14 heteroatoms. The van der Waals surface area contributed by atoms with E-state index in [1.807, 2.05) is 0 Å². The van der Waals surface area contributed by atoms with Crippen molar-refractivity contribution in [3.8, 4) is 0 Å². The highest BCUT2D eigenvalue weighted by Crippen LogP contribution is 2.56. The zero-order valence-corrected chi connectivity index (χ0v) is 21.5. The second-order valence-corrected chi connectivity index (χ2v) is 11.4. The van der Waals surface area contributed by atoms with Crippen molar-refractivity contribution in [3.05, 3.63) is 77.6 Å². The number of benzene rings is 2. The Kier molecular flexibility index (Phi) is 6.18. The first-order valence-corrected chi connectivity index (χ1v) is 13.3. The van der Waals surface area contributed by atoms with Gasteiger partial charge >= 0.3 is 11.5 Å². The zero-order valence-electron chi connectivity index (χ0n) is 19.9. The molecule has 4 amide bonds. The van der Waals surface area contributed by atoms with Gasteiger partial charge in [-0.2, -0.15) is 13.2 Å². The van der Waals surface area contributed by atoms with Gasteiger partial charge in [-0.3, -0.25) is 19.5 Å². The number of hydrogen-bond acceptors (Lipinski definition) is 6. The van der Waals surface area contributed by atoms with Crippen molar-refractivity contribution in [3.63, 3.8) is 0 Å². The highest BCUT2D eigenvalue weighted by Gasteiger charge is 2.71. The molecular weight excluding hydrogens is 561 g/mol. The van der Waals surface area contributed by atoms with Gasteiger partial charge in [-0.05, 0) is 54.8 Å². The highest BCUT2D eigenvalue weighted by molar-refractivity contribution is 7.92. The number of carbonyl (C=O) groups is 3. The summed E-state index contributed by atoms with van der Waals surface area (Å²) < 4.78 is 62.3. The van der Waals surface area contributed by atoms with Gasteiger partial charge in [0.2, 0.25) is 0 Å². The smallest absolute Gasteiger partial charge is 0.319 e. The molecule has 39 heavy (non-hydrogen) atoms. The number of sulfone groups is 1. The second kappa shape index (κ2) is 9.06. The molecule has 9 nitrogen and oxygen atoms in total. The Labute approximate surface area is 225 Å². The molecule has 0 bridgehead atoms. The van der Waals surface area contributed by atoms with Gasteiger partial charge in [-0.15, -0.1) is 0 Å². The van der Waals surface area contributed by atoms with Crippen LogP contribution in [-0.2, 0) is 14.6 Å². The molecule has 3 aromatic rings. The quantitative estimate of drug-likeness (QED) is 0.424. The maximum absolute atomic E-state index is 13.7. The zero-order chi connectivity index (χ0) is 28.3. The summed E-state index contributed by atoms with van der Waals surface area (Å²) in [4.78, 5) is 45.2. The number of nitrogens with one attached hydrogen (secondary N) is 1. The monoisotopic (exact) mass is 578 g/mol. The van der Waals surface area contributed by atoms with Gasteiger partial charge < -0.3 is 5.32 Å². The maximum atomic E-state index is 13.7. The lowest BCUT2D eigenvalue weighted by Gasteiger charge is -2.24. The molecule has 1 N–H and O–H groups in total. The number of nitrogens with zero attached hydrogens (tertiary/aromatic N) is 3. The van der Waals surface area contributed by atoms with Crippen LogP contribution in [0.15, 0.2) is 71.9 Å². The number of hydrogen-bond donors (Lipinski definition) is 1. The van der Waals surface area contributed by atoms with E-state index in [0.717, 1.165) is 17.0 Å². The average molecular weight is 579 g/mol. The molecule has 2 atom stereocenters. The van der Waals surface area contributed by atoms with Crippen LogP contribution in [0.2, 0.25) is 5.02 Å². The lowest BCUT2D eigenvalue weighted by atomic mass is 10.1. The average Bonchev–Trinajstić information content (AvgIpc) is 3.50. The third-order valence-electron chi connectivity index (χ3n) is 6.74. The molecule has 1 saturated carbocycles. The molecule has 2 aliphatic rings. The molecule has 1 aliphatic heterocycles. The summed E-state index contributed by atoms with van der Waals surface area (Å²) >= 11 is 6.13. The SMILES string of the molecule is CC1CC12C(=O)N(c1ccc(S(=O)(=O)C(F)(F)F)cc1)C(=O)N2c1ccncc1NC(=O)c1ccccc1Cl. The van der Waals surface area contributed by atoms with Crippen molar-refractivity contribution in [2.75, 3.05) is 15.1 Å². The fourth-order valence-corrected chi connectivity index (χ4v) is 5.61. The summed E-state index contributed by atoms with van der Waals surface area (Å²) in [5.74, 6) is -1.50. The summed E-state index contributed by atoms with van der Waals surface area (Å²) in [5.41, 5.74) is -6.46. The first kappa shape index (κ1) is 26.6. The molecule has 1 saturated heterocycles. The van der Waals surface area contributed by atoms with Gasteiger partial charge in [0.1, 0.15) is 5.54 Å². The van der Waals surface area contributed by atoms with Crippen molar-refractivity contribution < 1.29 is 36.0 Å². The molecule has 1 aromatic heterocycles. The number of alkyl halides is 3. The fourth-order valence-electron chi connectivity index (χ4n) is 4.63. The molecule has 1 aliphatic carbocycles. The predicted molar refractivity (Wildman–Crippen MR) is 135 cm³/mol. The second-order valence-electron chi connectivity index (χ2n) is 9.06. The minimum Gasteiger partial charge on any atom is -0.319 e. The summed E-state index contributed by atoms with van der Waals surface area (Å²) in [7, 11) is -5.62. The molecule has 2 heterocycles. The van der Waals surface area contributed by atoms with Crippen molar-refractivity contribution in [1.29, 1.82) is 0 Å². The van der Waals surface area contributed by atoms with E-state index >= 15 is 0 Å². The highest BCUT2D eigenvalue weighted by atomic mass is 35.5. The minimum atomic E-state index is -5.62. The number of urea groups is 1. The number of anilines is 3. The largest absolute Gasteiger partial charge is 0.501 e. The first-order valence-electron chi connectivity index (χ1n) is 11.4. The Bertz CT molecular complexity index is 1630. The number of rotatable bonds is 5. The van der Waals surface area contributed by atoms with Crippen molar-refractivity contribution >= 4 is 56.3 Å². The molecule has 5 rings (SSSR count). The van der Waals surface area contributed by atoms with E-state index in [4.69, 9.17) is 11.6 Å². The van der Waals surface area contributed by atoms with Gasteiger partial charge in [-0.25, -0.2) is 18.1 Å². The Balaban J connectivity index is 1.51. The predicted octanol–water partition coefficient (Wildman–Crippen LogP) is 5.03. The van der Waals surface area contributed by atoms with E-state index in [2.05, 4.69) is 10.3 Å². The topological polar surface area (TPSA) is 117 Å². The summed E-state index contributed by atoms with van der Waals surface area (Å²) in [6.45, 7) is 1.75. The van der Waals surface area contributed by atoms with Crippen LogP contribution in [0.1, 0.15) is 23.7 Å². The van der Waals surface area contributed by atoms with E-state index in [0.29, 0.717) is 12.1 Å². The van der Waals surface area contributed by atoms with Crippen LogP contribution in [0.4, 0.5) is 35.0 Å². The Morgan fingerprint density at radius 1 is 1.10 bits per heavy atom. The summed E-state index contributed by atoms with van der Waals surface area (Å²) in [6.07, 6.45) is 2.97. The molecule has 2 fully saturated rings. The Morgan fingerprint density at radius 3 is 2.33 bits per heavy atom. The molecular formula is C25H18ClF3N4O5S. The molecule has 2 aromatic carbocycles. The summed E-state index contributed by atoms with van der Waals surface area (Å²) in [5, 5.41) is 2.87. The van der Waals surface area contributed by atoms with Crippen LogP contribution in [0.3, 0.4) is 0 Å². The first-order chi connectivity index (χ1) is 18.3. The van der Waals surface area contributed by atoms with Gasteiger partial charge in [0.15, 0.2) is 0 Å². The van der Waals surface area contributed by atoms with Gasteiger partial charge in [-0.1, -0.05) is 30.7 Å². The number of amides is 4. The lowest BCUT2D eigenvalue weighted by molar-refractivity contribution is -0.119. The van der Waals surface area contributed by atoms with E-state index in [9.17, 15) is 36.0 Å². The molecule has 202 valence electrons. The van der Waals surface area contributed by atoms with E-state index < -0.39 is 43.6 Å². The number of imide groups is 1. The fraction of sp³-hybridized carbons (Fsp3) is 0.200. The number of halogens is 4. The third-order valence-corrected chi connectivity index (χ3v) is 8.57. The van der Waals surface area contributed by atoms with Crippen LogP contribution in [-0.4, -0.2) is 42.3 Å². The van der Waals surface area contributed by atoms with Crippen LogP contribution < -0.4 is 15.1 Å². The van der Waals surface area contributed by atoms with Crippen LogP contribution >= 0.6 is 11.6 Å². The molecule has 2 unspecified atom stereocenters. The number of aromatic nitrogens is 1. The van der Waals surface area contributed by atoms with E-state index in [-0.39, 0.29) is 40.0 Å². The van der Waals surface area contributed by atoms with Gasteiger partial charge in [0.25, 0.3) is 21.7 Å². The Morgan fingerprint density at radius 2 is 1.74 bits per heavy atom. The van der Waals surface area contributed by atoms with Gasteiger partial charge in [0, 0.05) is 6.20 Å². The third kappa shape index (κ3) is 4.12. The van der Waals surface area contributed by atoms with Crippen molar-refractivity contribution in [2.24, 2.45) is 5.92 Å². The molecule has 0 radical (unpaired) electrons. The van der Waals surface area contributed by atoms with Gasteiger partial charge in [0.05, 0.1) is 38.7 Å². The maximum Gasteiger partial charge on any atom is 0.501 e. The van der Waals surface area contributed by atoms with E-state index in [1.165, 1.54) is 35.5 Å². The molecule has 1 spiro atoms. The standard InChI is InChI=1S/C25H18ClF3N4O5S/c1-14-12-24(14)22(35)32(15-6-8-16(9-7-15)39(37,38)25(27,28)29)23(36)33(24)20-10-11-30-13-19(20)31-21(34)17-4-2-3-5-18(17)26/h2-11,13-14H,12H2,1H3,(H,31,34). The van der Waals surface area contributed by atoms with E-state index in [1.54, 1.807) is 19.1 Å². The number of carbonyl (C=O) groups excluding carboxylic acids is 3. The van der Waals surface area contributed by atoms with Crippen LogP contribution in [0.25, 0.3) is 0 Å². The van der Waals surface area contributed by atoms with Crippen LogP contribution in [0.5, 0.6) is 0 Å². The normalized spacial score (nSPS) is 21.0.